The lowest BCUT2D eigenvalue weighted by atomic mass is 9.86. The number of carboxylic acids is 1. The van der Waals surface area contributed by atoms with Gasteiger partial charge >= 0.3 is 18.2 Å². The summed E-state index contributed by atoms with van der Waals surface area (Å²) >= 11 is 0. The minimum absolute atomic E-state index is 0.0159. The van der Waals surface area contributed by atoms with Gasteiger partial charge in [0.1, 0.15) is 12.0 Å². The van der Waals surface area contributed by atoms with Crippen LogP contribution in [0.2, 0.25) is 0 Å². The Labute approximate surface area is 116 Å². The highest BCUT2D eigenvalue weighted by atomic mass is 19.4. The van der Waals surface area contributed by atoms with E-state index in [4.69, 9.17) is 5.11 Å². The molecule has 1 saturated heterocycles. The molecule has 2 rings (SSSR count). The largest absolute Gasteiger partial charge is 0.481 e. The summed E-state index contributed by atoms with van der Waals surface area (Å²) in [6, 6.07) is 0.715. The molecule has 1 atom stereocenters. The Hall–Kier alpha value is -2.26. The molecule has 21 heavy (non-hydrogen) atoms. The number of aromatic nitrogens is 1. The van der Waals surface area contributed by atoms with Crippen LogP contribution in [0.4, 0.5) is 18.0 Å². The summed E-state index contributed by atoms with van der Waals surface area (Å²) in [5, 5.41) is 14.8. The molecule has 10 heteroatoms. The highest BCUT2D eigenvalue weighted by Gasteiger charge is 2.64. The fourth-order valence-electron chi connectivity index (χ4n) is 2.12. The first-order valence-corrected chi connectivity index (χ1v) is 5.98. The molecule has 1 unspecified atom stereocenters. The molecule has 0 bridgehead atoms. The first-order chi connectivity index (χ1) is 9.76. The fourth-order valence-corrected chi connectivity index (χ4v) is 2.12. The van der Waals surface area contributed by atoms with Crippen LogP contribution >= 0.6 is 0 Å². The van der Waals surface area contributed by atoms with Crippen molar-refractivity contribution in [3.8, 4) is 0 Å². The van der Waals surface area contributed by atoms with Crippen molar-refractivity contribution in [1.82, 2.24) is 15.4 Å². The van der Waals surface area contributed by atoms with Crippen molar-refractivity contribution >= 4 is 12.0 Å². The fraction of sp³-hybridized carbons (Fsp3) is 0.545. The smallest absolute Gasteiger partial charge is 0.406 e. The summed E-state index contributed by atoms with van der Waals surface area (Å²) < 4.78 is 43.4. The zero-order chi connectivity index (χ0) is 15.7. The molecule has 1 fully saturated rings. The molecule has 1 aromatic heterocycles. The Morgan fingerprint density at radius 3 is 2.71 bits per heavy atom. The Morgan fingerprint density at radius 1 is 1.52 bits per heavy atom. The highest BCUT2D eigenvalue weighted by molar-refractivity contribution is 5.80. The molecule has 0 radical (unpaired) electrons. The Bertz CT molecular complexity index is 531. The number of aliphatic carboxylic acids is 1. The molecule has 2 amide bonds. The van der Waals surface area contributed by atoms with E-state index < -0.39 is 36.6 Å². The summed E-state index contributed by atoms with van der Waals surface area (Å²) in [5.74, 6) is -1.97. The van der Waals surface area contributed by atoms with E-state index >= 15 is 0 Å². The first kappa shape index (κ1) is 15.1. The van der Waals surface area contributed by atoms with Gasteiger partial charge in [0, 0.05) is 19.2 Å². The molecule has 0 spiro atoms. The van der Waals surface area contributed by atoms with E-state index in [9.17, 15) is 22.8 Å². The first-order valence-electron chi connectivity index (χ1n) is 5.98. The van der Waals surface area contributed by atoms with Crippen molar-refractivity contribution in [3.05, 3.63) is 18.0 Å². The summed E-state index contributed by atoms with van der Waals surface area (Å²) in [6.07, 6.45) is -4.29. The van der Waals surface area contributed by atoms with Crippen molar-refractivity contribution in [2.45, 2.75) is 19.1 Å². The average molecular weight is 307 g/mol. The van der Waals surface area contributed by atoms with Crippen LogP contribution in [-0.4, -0.2) is 46.4 Å². The second-order valence-electron chi connectivity index (χ2n) is 4.71. The second kappa shape index (κ2) is 5.26. The number of urea groups is 1. The molecular formula is C11H12F3N3O4. The number of amides is 2. The SMILES string of the molecule is O=C(NCc1ccon1)N1CCC(C(=O)O)(C(F)(F)F)C1. The van der Waals surface area contributed by atoms with Crippen LogP contribution < -0.4 is 5.32 Å². The molecule has 1 aliphatic rings. The number of alkyl halides is 3. The molecule has 2 heterocycles. The van der Waals surface area contributed by atoms with Gasteiger partial charge < -0.3 is 19.8 Å². The topological polar surface area (TPSA) is 95.7 Å². The number of carbonyl (C=O) groups excluding carboxylic acids is 1. The van der Waals surface area contributed by atoms with Gasteiger partial charge in [-0.05, 0) is 6.42 Å². The molecule has 7 nitrogen and oxygen atoms in total. The van der Waals surface area contributed by atoms with Crippen molar-refractivity contribution < 1.29 is 32.4 Å². The molecule has 0 saturated carbocycles. The second-order valence-corrected chi connectivity index (χ2v) is 4.71. The third-order valence-electron chi connectivity index (χ3n) is 3.42. The van der Waals surface area contributed by atoms with Gasteiger partial charge in [-0.15, -0.1) is 0 Å². The van der Waals surface area contributed by atoms with Crippen LogP contribution in [0, 0.1) is 5.41 Å². The minimum Gasteiger partial charge on any atom is -0.481 e. The van der Waals surface area contributed by atoms with Gasteiger partial charge in [0.05, 0.1) is 6.54 Å². The summed E-state index contributed by atoms with van der Waals surface area (Å²) in [6.45, 7) is -1.20. The van der Waals surface area contributed by atoms with Crippen LogP contribution in [0.5, 0.6) is 0 Å². The quantitative estimate of drug-likeness (QED) is 0.875. The minimum atomic E-state index is -4.92. The summed E-state index contributed by atoms with van der Waals surface area (Å²) in [7, 11) is 0. The van der Waals surface area contributed by atoms with E-state index in [0.717, 1.165) is 4.90 Å². The standard InChI is InChI=1S/C11H12F3N3O4/c12-11(13,14)10(8(18)19)2-3-17(6-10)9(20)15-5-7-1-4-21-16-7/h1,4H,2-3,5-6H2,(H,15,20)(H,18,19). The lowest BCUT2D eigenvalue weighted by molar-refractivity contribution is -0.226. The molecule has 2 N–H and O–H groups in total. The highest BCUT2D eigenvalue weighted by Crippen LogP contribution is 2.45. The Morgan fingerprint density at radius 2 is 2.24 bits per heavy atom. The van der Waals surface area contributed by atoms with Crippen LogP contribution in [0.25, 0.3) is 0 Å². The number of halogens is 3. The molecule has 0 aliphatic carbocycles. The average Bonchev–Trinajstić information content (AvgIpc) is 3.04. The molecular weight excluding hydrogens is 295 g/mol. The van der Waals surface area contributed by atoms with E-state index in [1.54, 1.807) is 0 Å². The Balaban J connectivity index is 2.00. The number of rotatable bonds is 3. The maximum atomic E-state index is 13.0. The van der Waals surface area contributed by atoms with Crippen molar-refractivity contribution in [2.75, 3.05) is 13.1 Å². The number of nitrogens with zero attached hydrogens (tertiary/aromatic N) is 2. The number of hydrogen-bond acceptors (Lipinski definition) is 4. The number of nitrogens with one attached hydrogen (secondary N) is 1. The molecule has 1 aliphatic heterocycles. The zero-order valence-corrected chi connectivity index (χ0v) is 10.7. The van der Waals surface area contributed by atoms with Gasteiger partial charge in [-0.1, -0.05) is 5.16 Å². The van der Waals surface area contributed by atoms with E-state index in [0.29, 0.717) is 5.69 Å². The van der Waals surface area contributed by atoms with Gasteiger partial charge in [0.2, 0.25) is 0 Å². The van der Waals surface area contributed by atoms with Gasteiger partial charge in [0.25, 0.3) is 0 Å². The zero-order valence-electron chi connectivity index (χ0n) is 10.7. The van der Waals surface area contributed by atoms with E-state index in [1.807, 2.05) is 0 Å². The van der Waals surface area contributed by atoms with Crippen LogP contribution in [0.1, 0.15) is 12.1 Å². The predicted molar refractivity (Wildman–Crippen MR) is 61.1 cm³/mol. The van der Waals surface area contributed by atoms with E-state index in [-0.39, 0.29) is 13.1 Å². The molecule has 1 aromatic rings. The van der Waals surface area contributed by atoms with Gasteiger partial charge in [-0.2, -0.15) is 13.2 Å². The molecule has 0 aromatic carbocycles. The van der Waals surface area contributed by atoms with Gasteiger partial charge in [-0.25, -0.2) is 4.79 Å². The van der Waals surface area contributed by atoms with Crippen LogP contribution in [0.3, 0.4) is 0 Å². The van der Waals surface area contributed by atoms with Crippen LogP contribution in [0.15, 0.2) is 16.9 Å². The third kappa shape index (κ3) is 2.78. The summed E-state index contributed by atoms with van der Waals surface area (Å²) in [4.78, 5) is 23.6. The lowest BCUT2D eigenvalue weighted by Gasteiger charge is -2.27. The van der Waals surface area contributed by atoms with Crippen molar-refractivity contribution in [1.29, 1.82) is 0 Å². The number of carboxylic acid groups (broad SMARTS) is 1. The van der Waals surface area contributed by atoms with Crippen molar-refractivity contribution in [3.63, 3.8) is 0 Å². The lowest BCUT2D eigenvalue weighted by Crippen LogP contribution is -2.48. The molecule has 116 valence electrons. The maximum absolute atomic E-state index is 13.0. The predicted octanol–water partition coefficient (Wildman–Crippen LogP) is 1.22. The van der Waals surface area contributed by atoms with Gasteiger partial charge in [-0.3, -0.25) is 4.79 Å². The van der Waals surface area contributed by atoms with Crippen LogP contribution in [-0.2, 0) is 11.3 Å². The number of hydrogen-bond donors (Lipinski definition) is 2. The monoisotopic (exact) mass is 307 g/mol. The number of likely N-dealkylation sites (tertiary alicyclic amines) is 1. The Kier molecular flexibility index (Phi) is 3.79. The summed E-state index contributed by atoms with van der Waals surface area (Å²) in [5.41, 5.74) is -2.50. The van der Waals surface area contributed by atoms with Crippen molar-refractivity contribution in [2.24, 2.45) is 5.41 Å². The van der Waals surface area contributed by atoms with Gasteiger partial charge in [0.15, 0.2) is 5.41 Å². The number of carbonyl (C=O) groups is 2. The normalized spacial score (nSPS) is 22.3. The maximum Gasteiger partial charge on any atom is 0.406 e. The van der Waals surface area contributed by atoms with E-state index in [2.05, 4.69) is 15.0 Å². The third-order valence-corrected chi connectivity index (χ3v) is 3.42. The van der Waals surface area contributed by atoms with E-state index in [1.165, 1.54) is 12.3 Å².